The van der Waals surface area contributed by atoms with Gasteiger partial charge in [0.15, 0.2) is 15.7 Å². The highest BCUT2D eigenvalue weighted by molar-refractivity contribution is 7.92. The van der Waals surface area contributed by atoms with Crippen LogP contribution < -0.4 is 10.6 Å². The molecule has 0 atom stereocenters. The van der Waals surface area contributed by atoms with Gasteiger partial charge in [-0.1, -0.05) is 19.9 Å². The van der Waals surface area contributed by atoms with E-state index in [1.54, 1.807) is 18.2 Å². The standard InChI is InChI=1S/C25H24F2N4O3S/c1-24(2)13-29-22(32)16-6-4-14(10-17(16)24)21-20(27)12-28-23(31-21)30-15-5-7-19(26)18(11-15)25(8-9-25)35(3,33)34/h4-7,10-12H,8-9,13H2,1-3H3,(H,29,32)(H,28,30,31). The molecule has 0 radical (unpaired) electrons. The van der Waals surface area contributed by atoms with Gasteiger partial charge in [-0.05, 0) is 48.7 Å². The zero-order valence-electron chi connectivity index (χ0n) is 19.4. The number of nitrogens with zero attached hydrogens (tertiary/aromatic N) is 2. The summed E-state index contributed by atoms with van der Waals surface area (Å²) in [6, 6.07) is 9.14. The highest BCUT2D eigenvalue weighted by Crippen LogP contribution is 2.53. The predicted molar refractivity (Wildman–Crippen MR) is 128 cm³/mol. The van der Waals surface area contributed by atoms with Gasteiger partial charge in [-0.15, -0.1) is 0 Å². The molecule has 0 saturated heterocycles. The van der Waals surface area contributed by atoms with Crippen LogP contribution in [0.25, 0.3) is 11.3 Å². The van der Waals surface area contributed by atoms with Crippen molar-refractivity contribution in [2.75, 3.05) is 18.1 Å². The first-order valence-corrected chi connectivity index (χ1v) is 13.0. The number of fused-ring (bicyclic) bond motifs is 1. The highest BCUT2D eigenvalue weighted by atomic mass is 32.2. The minimum Gasteiger partial charge on any atom is -0.351 e. The molecule has 1 aliphatic heterocycles. The second kappa shape index (κ2) is 7.81. The third-order valence-electron chi connectivity index (χ3n) is 6.83. The first kappa shape index (κ1) is 23.3. The number of benzene rings is 2. The Morgan fingerprint density at radius 2 is 1.77 bits per heavy atom. The molecule has 0 spiro atoms. The lowest BCUT2D eigenvalue weighted by Crippen LogP contribution is -2.43. The van der Waals surface area contributed by atoms with E-state index in [0.29, 0.717) is 36.2 Å². The van der Waals surface area contributed by atoms with Gasteiger partial charge in [-0.3, -0.25) is 4.79 Å². The lowest BCUT2D eigenvalue weighted by atomic mass is 9.78. The van der Waals surface area contributed by atoms with Crippen LogP contribution in [0.2, 0.25) is 0 Å². The van der Waals surface area contributed by atoms with Crippen LogP contribution >= 0.6 is 0 Å². The van der Waals surface area contributed by atoms with Crippen LogP contribution in [0.15, 0.2) is 42.6 Å². The fourth-order valence-corrected chi connectivity index (χ4v) is 6.01. The number of carbonyl (C=O) groups is 1. The molecule has 7 nitrogen and oxygen atoms in total. The number of rotatable bonds is 5. The molecular weight excluding hydrogens is 474 g/mol. The predicted octanol–water partition coefficient (Wildman–Crippen LogP) is 4.22. The second-order valence-corrected chi connectivity index (χ2v) is 12.1. The van der Waals surface area contributed by atoms with E-state index in [9.17, 15) is 22.0 Å². The Hall–Kier alpha value is -3.40. The zero-order valence-corrected chi connectivity index (χ0v) is 20.3. The van der Waals surface area contributed by atoms with Crippen molar-refractivity contribution in [2.24, 2.45) is 0 Å². The topological polar surface area (TPSA) is 101 Å². The van der Waals surface area contributed by atoms with Gasteiger partial charge in [0, 0.05) is 40.6 Å². The molecular formula is C25H24F2N4O3S. The molecule has 5 rings (SSSR count). The second-order valence-electron chi connectivity index (χ2n) is 9.80. The fourth-order valence-electron chi connectivity index (χ4n) is 4.61. The number of nitrogens with one attached hydrogen (secondary N) is 2. The van der Waals surface area contributed by atoms with Crippen molar-refractivity contribution < 1.29 is 22.0 Å². The molecule has 35 heavy (non-hydrogen) atoms. The van der Waals surface area contributed by atoms with E-state index in [2.05, 4.69) is 20.6 Å². The minimum atomic E-state index is -3.50. The van der Waals surface area contributed by atoms with E-state index in [1.807, 2.05) is 13.8 Å². The molecule has 1 aromatic heterocycles. The van der Waals surface area contributed by atoms with Gasteiger partial charge in [0.25, 0.3) is 5.91 Å². The van der Waals surface area contributed by atoms with Gasteiger partial charge in [0.05, 0.1) is 10.9 Å². The van der Waals surface area contributed by atoms with Crippen molar-refractivity contribution in [3.8, 4) is 11.3 Å². The molecule has 2 N–H and O–H groups in total. The third kappa shape index (κ3) is 3.95. The summed E-state index contributed by atoms with van der Waals surface area (Å²) in [5.41, 5.74) is 2.01. The summed E-state index contributed by atoms with van der Waals surface area (Å²) in [5, 5.41) is 5.79. The summed E-state index contributed by atoms with van der Waals surface area (Å²) >= 11 is 0. The molecule has 2 heterocycles. The van der Waals surface area contributed by atoms with Crippen LogP contribution in [0.3, 0.4) is 0 Å². The average Bonchev–Trinajstić information content (AvgIpc) is 3.61. The lowest BCUT2D eigenvalue weighted by molar-refractivity contribution is 0.0930. The quantitative estimate of drug-likeness (QED) is 0.546. The van der Waals surface area contributed by atoms with Crippen LogP contribution in [0, 0.1) is 11.6 Å². The van der Waals surface area contributed by atoms with Crippen LogP contribution in [-0.4, -0.2) is 37.1 Å². The molecule has 182 valence electrons. The first-order valence-electron chi connectivity index (χ1n) is 11.1. The van der Waals surface area contributed by atoms with E-state index in [4.69, 9.17) is 0 Å². The number of hydrogen-bond donors (Lipinski definition) is 2. The van der Waals surface area contributed by atoms with Crippen LogP contribution in [0.5, 0.6) is 0 Å². The highest BCUT2D eigenvalue weighted by Gasteiger charge is 2.55. The fraction of sp³-hybridized carbons (Fsp3) is 0.320. The van der Waals surface area contributed by atoms with Gasteiger partial charge in [0.1, 0.15) is 11.5 Å². The maximum Gasteiger partial charge on any atom is 0.251 e. The lowest BCUT2D eigenvalue weighted by Gasteiger charge is -2.32. The van der Waals surface area contributed by atoms with Gasteiger partial charge in [-0.25, -0.2) is 27.2 Å². The Morgan fingerprint density at radius 3 is 2.46 bits per heavy atom. The maximum atomic E-state index is 14.8. The number of aromatic nitrogens is 2. The monoisotopic (exact) mass is 498 g/mol. The zero-order chi connectivity index (χ0) is 25.2. The van der Waals surface area contributed by atoms with Crippen molar-refractivity contribution in [2.45, 2.75) is 36.9 Å². The van der Waals surface area contributed by atoms with Gasteiger partial charge < -0.3 is 10.6 Å². The largest absolute Gasteiger partial charge is 0.351 e. The summed E-state index contributed by atoms with van der Waals surface area (Å²) in [5.74, 6) is -1.34. The van der Waals surface area contributed by atoms with Crippen LogP contribution in [0.4, 0.5) is 20.4 Å². The Labute approximate surface area is 201 Å². The molecule has 10 heteroatoms. The van der Waals surface area contributed by atoms with E-state index in [1.165, 1.54) is 18.2 Å². The molecule has 0 unspecified atom stereocenters. The normalized spacial score (nSPS) is 17.9. The summed E-state index contributed by atoms with van der Waals surface area (Å²) in [4.78, 5) is 20.6. The van der Waals surface area contributed by atoms with Crippen molar-refractivity contribution in [3.63, 3.8) is 0 Å². The number of sulfone groups is 1. The van der Waals surface area contributed by atoms with Crippen molar-refractivity contribution in [1.82, 2.24) is 15.3 Å². The summed E-state index contributed by atoms with van der Waals surface area (Å²) in [6.07, 6.45) is 2.86. The number of hydrogen-bond acceptors (Lipinski definition) is 6. The van der Waals surface area contributed by atoms with Gasteiger partial charge in [-0.2, -0.15) is 0 Å². The van der Waals surface area contributed by atoms with Crippen molar-refractivity contribution in [3.05, 3.63) is 70.9 Å². The number of amides is 1. The van der Waals surface area contributed by atoms with Crippen molar-refractivity contribution in [1.29, 1.82) is 0 Å². The molecule has 0 bridgehead atoms. The Morgan fingerprint density at radius 1 is 1.03 bits per heavy atom. The van der Waals surface area contributed by atoms with Crippen LogP contribution in [-0.2, 0) is 20.0 Å². The summed E-state index contributed by atoms with van der Waals surface area (Å²) in [6.45, 7) is 4.45. The van der Waals surface area contributed by atoms with Gasteiger partial charge in [0.2, 0.25) is 5.95 Å². The number of halogens is 2. The molecule has 1 saturated carbocycles. The maximum absolute atomic E-state index is 14.8. The molecule has 1 fully saturated rings. The molecule has 1 amide bonds. The number of anilines is 2. The Balaban J connectivity index is 1.50. The number of carbonyl (C=O) groups excluding carboxylic acids is 1. The summed E-state index contributed by atoms with van der Waals surface area (Å²) in [7, 11) is -3.50. The van der Waals surface area contributed by atoms with E-state index in [0.717, 1.165) is 18.0 Å². The third-order valence-corrected chi connectivity index (χ3v) is 8.88. The van der Waals surface area contributed by atoms with E-state index >= 15 is 0 Å². The Kier molecular flexibility index (Phi) is 5.21. The minimum absolute atomic E-state index is 0.0456. The summed E-state index contributed by atoms with van der Waals surface area (Å²) < 4.78 is 52.6. The van der Waals surface area contributed by atoms with Crippen LogP contribution in [0.1, 0.15) is 48.2 Å². The average molecular weight is 499 g/mol. The molecule has 3 aromatic rings. The van der Waals surface area contributed by atoms with E-state index < -0.39 is 26.2 Å². The van der Waals surface area contributed by atoms with Crippen molar-refractivity contribution >= 4 is 27.4 Å². The SMILES string of the molecule is CC1(C)CNC(=O)c2ccc(-c3nc(Nc4ccc(F)c(C5(S(C)(=O)=O)CC5)c4)ncc3F)cc21. The molecule has 1 aliphatic carbocycles. The molecule has 2 aromatic carbocycles. The van der Waals surface area contributed by atoms with Gasteiger partial charge >= 0.3 is 0 Å². The first-order chi connectivity index (χ1) is 16.4. The molecule has 2 aliphatic rings. The van der Waals surface area contributed by atoms with E-state index in [-0.39, 0.29) is 28.5 Å². The Bertz CT molecular complexity index is 1480. The smallest absolute Gasteiger partial charge is 0.251 e.